The first kappa shape index (κ1) is 14.5. The van der Waals surface area contributed by atoms with E-state index >= 15 is 0 Å². The molecule has 0 N–H and O–H groups in total. The fourth-order valence-corrected chi connectivity index (χ4v) is 1.69. The van der Waals surface area contributed by atoms with E-state index in [1.54, 1.807) is 18.3 Å². The maximum atomic E-state index is 12.2. The predicted molar refractivity (Wildman–Crippen MR) is 70.0 cm³/mol. The molecule has 0 bridgehead atoms. The van der Waals surface area contributed by atoms with Gasteiger partial charge in [0, 0.05) is 19.2 Å². The van der Waals surface area contributed by atoms with E-state index in [9.17, 15) is 4.79 Å². The van der Waals surface area contributed by atoms with Crippen molar-refractivity contribution < 1.29 is 13.9 Å². The molecule has 0 aliphatic rings. The van der Waals surface area contributed by atoms with Crippen molar-refractivity contribution in [3.05, 3.63) is 35.8 Å². The lowest BCUT2D eigenvalue weighted by Crippen LogP contribution is -2.33. The summed E-state index contributed by atoms with van der Waals surface area (Å²) in [7, 11) is 1.63. The Morgan fingerprint density at radius 3 is 2.89 bits per heavy atom. The van der Waals surface area contributed by atoms with Gasteiger partial charge in [0.2, 0.25) is 5.91 Å². The average Bonchev–Trinajstić information content (AvgIpc) is 2.86. The predicted octanol–water partition coefficient (Wildman–Crippen LogP) is 2.61. The summed E-state index contributed by atoms with van der Waals surface area (Å²) in [6.07, 6.45) is 4.41. The molecule has 0 atom stereocenters. The van der Waals surface area contributed by atoms with Crippen LogP contribution in [0.15, 0.2) is 34.5 Å². The lowest BCUT2D eigenvalue weighted by Gasteiger charge is -2.21. The molecule has 100 valence electrons. The van der Waals surface area contributed by atoms with Gasteiger partial charge < -0.3 is 14.1 Å². The fourth-order valence-electron chi connectivity index (χ4n) is 1.69. The van der Waals surface area contributed by atoms with Crippen LogP contribution in [-0.4, -0.2) is 31.1 Å². The van der Waals surface area contributed by atoms with Crippen molar-refractivity contribution in [1.82, 2.24) is 4.90 Å². The second kappa shape index (κ2) is 7.71. The van der Waals surface area contributed by atoms with Crippen LogP contribution in [0, 0.1) is 0 Å². The van der Waals surface area contributed by atoms with Crippen molar-refractivity contribution in [2.75, 3.05) is 20.3 Å². The summed E-state index contributed by atoms with van der Waals surface area (Å²) < 4.78 is 10.3. The van der Waals surface area contributed by atoms with Gasteiger partial charge in [0.25, 0.3) is 0 Å². The fraction of sp³-hybridized carbons (Fsp3) is 0.500. The Morgan fingerprint density at radius 1 is 1.56 bits per heavy atom. The molecule has 0 radical (unpaired) electrons. The van der Waals surface area contributed by atoms with Crippen LogP contribution in [0.25, 0.3) is 0 Å². The van der Waals surface area contributed by atoms with Gasteiger partial charge in [-0.3, -0.25) is 4.79 Å². The molecule has 0 spiro atoms. The summed E-state index contributed by atoms with van der Waals surface area (Å²) in [6.45, 7) is 5.41. The van der Waals surface area contributed by atoms with Gasteiger partial charge in [-0.25, -0.2) is 0 Å². The van der Waals surface area contributed by atoms with Crippen LogP contribution in [0.5, 0.6) is 0 Å². The van der Waals surface area contributed by atoms with Gasteiger partial charge in [-0.15, -0.1) is 0 Å². The molecule has 1 aromatic heterocycles. The molecule has 1 heterocycles. The van der Waals surface area contributed by atoms with Gasteiger partial charge in [0.1, 0.15) is 5.76 Å². The normalized spacial score (nSPS) is 11.6. The highest BCUT2D eigenvalue weighted by Crippen LogP contribution is 2.09. The highest BCUT2D eigenvalue weighted by molar-refractivity contribution is 5.92. The number of carbonyl (C=O) groups excluding carboxylic acids is 1. The molecule has 1 rings (SSSR count). The quantitative estimate of drug-likeness (QED) is 0.700. The number of nitrogens with zero attached hydrogens (tertiary/aromatic N) is 1. The Morgan fingerprint density at radius 2 is 2.33 bits per heavy atom. The summed E-state index contributed by atoms with van der Waals surface area (Å²) in [5.74, 6) is 0.814. The third-order valence-corrected chi connectivity index (χ3v) is 2.63. The third-order valence-electron chi connectivity index (χ3n) is 2.63. The number of hydrogen-bond acceptors (Lipinski definition) is 3. The molecular formula is C14H21NO3. The van der Waals surface area contributed by atoms with Crippen LogP contribution in [0.2, 0.25) is 0 Å². The minimum absolute atomic E-state index is 0.0327. The number of rotatable bonds is 7. The SMILES string of the molecule is CC/C=C(/C)C(=O)N(CCOC)Cc1ccco1. The van der Waals surface area contributed by atoms with E-state index in [4.69, 9.17) is 9.15 Å². The first-order chi connectivity index (χ1) is 8.69. The molecule has 0 saturated carbocycles. The molecule has 1 aromatic rings. The van der Waals surface area contributed by atoms with Crippen molar-refractivity contribution >= 4 is 5.91 Å². The highest BCUT2D eigenvalue weighted by Gasteiger charge is 2.16. The zero-order valence-electron chi connectivity index (χ0n) is 11.3. The Bertz CT molecular complexity index is 382. The van der Waals surface area contributed by atoms with Crippen LogP contribution < -0.4 is 0 Å². The lowest BCUT2D eigenvalue weighted by molar-refractivity contribution is -0.128. The number of furan rings is 1. The largest absolute Gasteiger partial charge is 0.467 e. The summed E-state index contributed by atoms with van der Waals surface area (Å²) in [5.41, 5.74) is 0.764. The van der Waals surface area contributed by atoms with Crippen LogP contribution in [0.1, 0.15) is 26.0 Å². The highest BCUT2D eigenvalue weighted by atomic mass is 16.5. The van der Waals surface area contributed by atoms with Crippen LogP contribution in [0.4, 0.5) is 0 Å². The minimum atomic E-state index is 0.0327. The molecule has 0 aliphatic carbocycles. The van der Waals surface area contributed by atoms with Gasteiger partial charge >= 0.3 is 0 Å². The van der Waals surface area contributed by atoms with Crippen molar-refractivity contribution in [2.45, 2.75) is 26.8 Å². The Labute approximate surface area is 108 Å². The second-order valence-corrected chi connectivity index (χ2v) is 4.09. The molecule has 18 heavy (non-hydrogen) atoms. The standard InChI is InChI=1S/C14H21NO3/c1-4-6-12(2)14(16)15(8-10-17-3)11-13-7-5-9-18-13/h5-7,9H,4,8,10-11H2,1-3H3/b12-6-. The molecule has 4 nitrogen and oxygen atoms in total. The molecule has 1 amide bonds. The molecular weight excluding hydrogens is 230 g/mol. The molecule has 4 heteroatoms. The Hall–Kier alpha value is -1.55. The zero-order valence-corrected chi connectivity index (χ0v) is 11.3. The number of carbonyl (C=O) groups is 1. The first-order valence-electron chi connectivity index (χ1n) is 6.16. The van der Waals surface area contributed by atoms with Crippen LogP contribution in [0.3, 0.4) is 0 Å². The van der Waals surface area contributed by atoms with E-state index in [2.05, 4.69) is 0 Å². The van der Waals surface area contributed by atoms with Crippen LogP contribution >= 0.6 is 0 Å². The number of hydrogen-bond donors (Lipinski definition) is 0. The molecule has 0 fully saturated rings. The van der Waals surface area contributed by atoms with E-state index < -0.39 is 0 Å². The van der Waals surface area contributed by atoms with Crippen LogP contribution in [-0.2, 0) is 16.1 Å². The Balaban J connectivity index is 2.71. The monoisotopic (exact) mass is 251 g/mol. The van der Waals surface area contributed by atoms with E-state index in [0.717, 1.165) is 17.8 Å². The number of methoxy groups -OCH3 is 1. The van der Waals surface area contributed by atoms with Crippen molar-refractivity contribution in [2.24, 2.45) is 0 Å². The second-order valence-electron chi connectivity index (χ2n) is 4.09. The smallest absolute Gasteiger partial charge is 0.249 e. The summed E-state index contributed by atoms with van der Waals surface area (Å²) in [5, 5.41) is 0. The number of allylic oxidation sites excluding steroid dienone is 1. The van der Waals surface area contributed by atoms with Gasteiger partial charge in [0.05, 0.1) is 19.4 Å². The van der Waals surface area contributed by atoms with Gasteiger partial charge in [-0.1, -0.05) is 13.0 Å². The van der Waals surface area contributed by atoms with Crippen molar-refractivity contribution in [3.63, 3.8) is 0 Å². The minimum Gasteiger partial charge on any atom is -0.467 e. The zero-order chi connectivity index (χ0) is 13.4. The summed E-state index contributed by atoms with van der Waals surface area (Å²) >= 11 is 0. The molecule has 0 aromatic carbocycles. The molecule has 0 aliphatic heterocycles. The van der Waals surface area contributed by atoms with Crippen molar-refractivity contribution in [1.29, 1.82) is 0 Å². The van der Waals surface area contributed by atoms with Gasteiger partial charge in [-0.2, -0.15) is 0 Å². The first-order valence-corrected chi connectivity index (χ1v) is 6.16. The third kappa shape index (κ3) is 4.37. The number of ether oxygens (including phenoxy) is 1. The molecule has 0 unspecified atom stereocenters. The average molecular weight is 251 g/mol. The van der Waals surface area contributed by atoms with Crippen molar-refractivity contribution in [3.8, 4) is 0 Å². The number of amides is 1. The van der Waals surface area contributed by atoms with E-state index in [1.165, 1.54) is 0 Å². The van der Waals surface area contributed by atoms with E-state index in [-0.39, 0.29) is 5.91 Å². The maximum absolute atomic E-state index is 12.2. The lowest BCUT2D eigenvalue weighted by atomic mass is 10.2. The summed E-state index contributed by atoms with van der Waals surface area (Å²) in [6, 6.07) is 3.69. The Kier molecular flexibility index (Phi) is 6.22. The van der Waals surface area contributed by atoms with Gasteiger partial charge in [0.15, 0.2) is 0 Å². The topological polar surface area (TPSA) is 42.7 Å². The van der Waals surface area contributed by atoms with Gasteiger partial charge in [-0.05, 0) is 25.5 Å². The maximum Gasteiger partial charge on any atom is 0.249 e. The summed E-state index contributed by atoms with van der Waals surface area (Å²) in [4.78, 5) is 14.0. The van der Waals surface area contributed by atoms with E-state index in [0.29, 0.717) is 19.7 Å². The molecule has 0 saturated heterocycles. The van der Waals surface area contributed by atoms with E-state index in [1.807, 2.05) is 32.1 Å².